The molecule has 1 amide bonds. The van der Waals surface area contributed by atoms with Gasteiger partial charge in [0, 0.05) is 55.4 Å². The maximum absolute atomic E-state index is 12.8. The summed E-state index contributed by atoms with van der Waals surface area (Å²) < 4.78 is 0. The molecule has 1 fully saturated rings. The molecule has 1 aromatic heterocycles. The lowest BCUT2D eigenvalue weighted by Gasteiger charge is -2.33. The molecule has 2 heterocycles. The molecule has 1 aliphatic rings. The Hall–Kier alpha value is -1.91. The van der Waals surface area contributed by atoms with Crippen molar-refractivity contribution in [2.75, 3.05) is 33.2 Å². The second-order valence-corrected chi connectivity index (χ2v) is 6.68. The van der Waals surface area contributed by atoms with E-state index in [0.29, 0.717) is 11.4 Å². The quantitative estimate of drug-likeness (QED) is 0.856. The minimum Gasteiger partial charge on any atom is -0.340 e. The number of piperazine rings is 1. The first kappa shape index (κ1) is 16.9. The van der Waals surface area contributed by atoms with Crippen LogP contribution in [-0.2, 0) is 4.79 Å². The Balaban J connectivity index is 1.80. The molecule has 1 aromatic carbocycles. The average molecular weight is 344 g/mol. The average Bonchev–Trinajstić information content (AvgIpc) is 2.62. The van der Waals surface area contributed by atoms with Gasteiger partial charge in [-0.2, -0.15) is 0 Å². The van der Waals surface area contributed by atoms with Gasteiger partial charge in [-0.15, -0.1) is 0 Å². The van der Waals surface area contributed by atoms with E-state index < -0.39 is 0 Å². The van der Waals surface area contributed by atoms with Crippen molar-refractivity contribution in [3.63, 3.8) is 0 Å². The highest BCUT2D eigenvalue weighted by Gasteiger charge is 2.24. The Morgan fingerprint density at radius 2 is 1.83 bits per heavy atom. The van der Waals surface area contributed by atoms with Gasteiger partial charge in [-0.25, -0.2) is 0 Å². The molecule has 0 aliphatic carbocycles. The zero-order valence-electron chi connectivity index (χ0n) is 13.9. The van der Waals surface area contributed by atoms with E-state index in [1.54, 1.807) is 6.20 Å². The van der Waals surface area contributed by atoms with Crippen molar-refractivity contribution in [2.45, 2.75) is 12.3 Å². The van der Waals surface area contributed by atoms with Gasteiger partial charge in [0.2, 0.25) is 5.91 Å². The summed E-state index contributed by atoms with van der Waals surface area (Å²) in [6.45, 7) is 3.46. The minimum absolute atomic E-state index is 0.0457. The molecular weight excluding hydrogens is 322 g/mol. The van der Waals surface area contributed by atoms with Crippen LogP contribution in [-0.4, -0.2) is 53.9 Å². The molecule has 5 heteroatoms. The number of amides is 1. The summed E-state index contributed by atoms with van der Waals surface area (Å²) >= 11 is 6.01. The lowest BCUT2D eigenvalue weighted by molar-refractivity contribution is -0.133. The van der Waals surface area contributed by atoms with Gasteiger partial charge >= 0.3 is 0 Å². The van der Waals surface area contributed by atoms with Crippen LogP contribution in [0.1, 0.15) is 23.6 Å². The van der Waals surface area contributed by atoms with Gasteiger partial charge in [0.25, 0.3) is 0 Å². The number of pyridine rings is 1. The van der Waals surface area contributed by atoms with Crippen LogP contribution in [0.4, 0.5) is 0 Å². The Kier molecular flexibility index (Phi) is 5.48. The predicted molar refractivity (Wildman–Crippen MR) is 96.2 cm³/mol. The van der Waals surface area contributed by atoms with Crippen LogP contribution in [0.5, 0.6) is 0 Å². The first-order chi connectivity index (χ1) is 11.6. The first-order valence-corrected chi connectivity index (χ1v) is 8.64. The SMILES string of the molecule is CN1CCN(C(=O)CC(c2ccc(Cl)cc2)c2ccccn2)CC1. The molecule has 3 rings (SSSR count). The number of aromatic nitrogens is 1. The van der Waals surface area contributed by atoms with Gasteiger partial charge < -0.3 is 9.80 Å². The third kappa shape index (κ3) is 4.13. The van der Waals surface area contributed by atoms with Crippen molar-refractivity contribution in [1.29, 1.82) is 0 Å². The van der Waals surface area contributed by atoms with Gasteiger partial charge in [-0.1, -0.05) is 29.8 Å². The normalized spacial score (nSPS) is 16.8. The fraction of sp³-hybridized carbons (Fsp3) is 0.368. The summed E-state index contributed by atoms with van der Waals surface area (Å²) in [7, 11) is 2.09. The van der Waals surface area contributed by atoms with Crippen molar-refractivity contribution in [3.8, 4) is 0 Å². The third-order valence-corrected chi connectivity index (χ3v) is 4.80. The number of benzene rings is 1. The minimum atomic E-state index is -0.0457. The van der Waals surface area contributed by atoms with Crippen molar-refractivity contribution in [2.24, 2.45) is 0 Å². The fourth-order valence-corrected chi connectivity index (χ4v) is 3.16. The number of hydrogen-bond donors (Lipinski definition) is 0. The van der Waals surface area contributed by atoms with E-state index >= 15 is 0 Å². The van der Waals surface area contributed by atoms with Gasteiger partial charge in [0.05, 0.1) is 0 Å². The zero-order chi connectivity index (χ0) is 16.9. The van der Waals surface area contributed by atoms with Crippen LogP contribution in [0.15, 0.2) is 48.7 Å². The monoisotopic (exact) mass is 343 g/mol. The molecule has 1 saturated heterocycles. The predicted octanol–water partition coefficient (Wildman–Crippen LogP) is 3.03. The molecule has 2 aromatic rings. The maximum Gasteiger partial charge on any atom is 0.223 e. The molecule has 0 radical (unpaired) electrons. The summed E-state index contributed by atoms with van der Waals surface area (Å²) in [5.41, 5.74) is 1.99. The molecule has 1 aliphatic heterocycles. The van der Waals surface area contributed by atoms with Gasteiger partial charge in [-0.3, -0.25) is 9.78 Å². The number of halogens is 1. The van der Waals surface area contributed by atoms with E-state index in [1.165, 1.54) is 0 Å². The number of likely N-dealkylation sites (N-methyl/N-ethyl adjacent to an activating group) is 1. The second kappa shape index (κ2) is 7.77. The number of carbonyl (C=O) groups is 1. The molecule has 24 heavy (non-hydrogen) atoms. The topological polar surface area (TPSA) is 36.4 Å². The molecule has 1 unspecified atom stereocenters. The van der Waals surface area contributed by atoms with Crippen LogP contribution in [0.25, 0.3) is 0 Å². The lowest BCUT2D eigenvalue weighted by atomic mass is 9.91. The van der Waals surface area contributed by atoms with Crippen molar-refractivity contribution < 1.29 is 4.79 Å². The number of hydrogen-bond acceptors (Lipinski definition) is 3. The lowest BCUT2D eigenvalue weighted by Crippen LogP contribution is -2.47. The molecule has 126 valence electrons. The van der Waals surface area contributed by atoms with Gasteiger partial charge in [0.15, 0.2) is 0 Å². The van der Waals surface area contributed by atoms with Crippen molar-refractivity contribution in [3.05, 3.63) is 64.9 Å². The summed E-state index contributed by atoms with van der Waals surface area (Å²) in [6, 6.07) is 13.5. The fourth-order valence-electron chi connectivity index (χ4n) is 3.03. The number of nitrogens with zero attached hydrogens (tertiary/aromatic N) is 3. The van der Waals surface area contributed by atoms with Crippen LogP contribution in [0.3, 0.4) is 0 Å². The Labute approximate surface area is 148 Å². The number of carbonyl (C=O) groups excluding carboxylic acids is 1. The van der Waals surface area contributed by atoms with E-state index in [-0.39, 0.29) is 11.8 Å². The Morgan fingerprint density at radius 1 is 1.12 bits per heavy atom. The molecule has 0 bridgehead atoms. The van der Waals surface area contributed by atoms with E-state index in [1.807, 2.05) is 47.4 Å². The first-order valence-electron chi connectivity index (χ1n) is 8.26. The summed E-state index contributed by atoms with van der Waals surface area (Å²) in [6.07, 6.45) is 2.21. The maximum atomic E-state index is 12.8. The smallest absolute Gasteiger partial charge is 0.223 e. The van der Waals surface area contributed by atoms with Crippen LogP contribution in [0, 0.1) is 0 Å². The molecular formula is C19H22ClN3O. The van der Waals surface area contributed by atoms with Crippen molar-refractivity contribution in [1.82, 2.24) is 14.8 Å². The van der Waals surface area contributed by atoms with E-state index in [2.05, 4.69) is 16.9 Å². The standard InChI is InChI=1S/C19H22ClN3O/c1-22-10-12-23(13-11-22)19(24)14-17(18-4-2-3-9-21-18)15-5-7-16(20)8-6-15/h2-9,17H,10-14H2,1H3. The van der Waals surface area contributed by atoms with Crippen LogP contribution >= 0.6 is 11.6 Å². The van der Waals surface area contributed by atoms with Crippen LogP contribution in [0.2, 0.25) is 5.02 Å². The molecule has 0 N–H and O–H groups in total. The summed E-state index contributed by atoms with van der Waals surface area (Å²) in [5.74, 6) is 0.143. The van der Waals surface area contributed by atoms with Crippen LogP contribution < -0.4 is 0 Å². The van der Waals surface area contributed by atoms with E-state index in [9.17, 15) is 4.79 Å². The van der Waals surface area contributed by atoms with Gasteiger partial charge in [0.1, 0.15) is 0 Å². The largest absolute Gasteiger partial charge is 0.340 e. The molecule has 0 saturated carbocycles. The van der Waals surface area contributed by atoms with E-state index in [0.717, 1.165) is 37.4 Å². The van der Waals surface area contributed by atoms with E-state index in [4.69, 9.17) is 11.6 Å². The molecule has 1 atom stereocenters. The third-order valence-electron chi connectivity index (χ3n) is 4.55. The molecule has 0 spiro atoms. The highest BCUT2D eigenvalue weighted by molar-refractivity contribution is 6.30. The summed E-state index contributed by atoms with van der Waals surface area (Å²) in [5, 5.41) is 0.698. The van der Waals surface area contributed by atoms with Crippen molar-refractivity contribution >= 4 is 17.5 Å². The number of rotatable bonds is 4. The summed E-state index contributed by atoms with van der Waals surface area (Å²) in [4.78, 5) is 21.5. The molecule has 4 nitrogen and oxygen atoms in total. The Bertz CT molecular complexity index is 667. The Morgan fingerprint density at radius 3 is 2.46 bits per heavy atom. The zero-order valence-corrected chi connectivity index (χ0v) is 14.6. The van der Waals surface area contributed by atoms with Gasteiger partial charge in [-0.05, 0) is 36.9 Å². The highest BCUT2D eigenvalue weighted by atomic mass is 35.5. The second-order valence-electron chi connectivity index (χ2n) is 6.25. The highest BCUT2D eigenvalue weighted by Crippen LogP contribution is 2.28.